The number of allylic oxidation sites excluding steroid dienone is 2. The van der Waals surface area contributed by atoms with Gasteiger partial charge in [0.25, 0.3) is 0 Å². The first-order valence-corrected chi connectivity index (χ1v) is 6.21. The fourth-order valence-electron chi connectivity index (χ4n) is 3.17. The Morgan fingerprint density at radius 3 is 2.88 bits per heavy atom. The Balaban J connectivity index is 1.63. The van der Waals surface area contributed by atoms with Crippen LogP contribution >= 0.6 is 0 Å². The van der Waals surface area contributed by atoms with Crippen molar-refractivity contribution in [2.75, 3.05) is 6.61 Å². The Bertz CT molecular complexity index is 328. The second-order valence-electron chi connectivity index (χ2n) is 5.39. The first kappa shape index (κ1) is 10.3. The van der Waals surface area contributed by atoms with Gasteiger partial charge in [-0.15, -0.1) is 0 Å². The molecule has 1 heterocycles. The number of fused-ring (bicyclic) bond motifs is 2. The fraction of sp³-hybridized carbons (Fsp3) is 0.769. The number of carbonyl (C=O) groups excluding carboxylic acids is 1. The number of carbonyl (C=O) groups is 1. The highest BCUT2D eigenvalue weighted by molar-refractivity contribution is 5.74. The highest BCUT2D eigenvalue weighted by Crippen LogP contribution is 2.44. The normalized spacial score (nSPS) is 45.2. The van der Waals surface area contributed by atoms with Crippen molar-refractivity contribution in [1.29, 1.82) is 0 Å². The van der Waals surface area contributed by atoms with E-state index < -0.39 is 5.79 Å². The van der Waals surface area contributed by atoms with E-state index >= 15 is 0 Å². The maximum atomic E-state index is 12.1. The summed E-state index contributed by atoms with van der Waals surface area (Å²) in [4.78, 5) is 12.1. The molecule has 2 bridgehead atoms. The van der Waals surface area contributed by atoms with Crippen LogP contribution < -0.4 is 0 Å². The predicted octanol–water partition coefficient (Wildman–Crippen LogP) is 2.27. The minimum Gasteiger partial charge on any atom is -0.433 e. The van der Waals surface area contributed by atoms with Crippen LogP contribution in [-0.4, -0.2) is 18.4 Å². The molecular weight excluding hydrogens is 204 g/mol. The zero-order valence-electron chi connectivity index (χ0n) is 9.65. The molecule has 1 aliphatic heterocycles. The van der Waals surface area contributed by atoms with E-state index in [0.717, 1.165) is 25.7 Å². The molecule has 16 heavy (non-hydrogen) atoms. The SMILES string of the molecule is CC1(OC(=O)C2CC3C=CC2C3)CCCO1. The van der Waals surface area contributed by atoms with Gasteiger partial charge < -0.3 is 9.47 Å². The van der Waals surface area contributed by atoms with Gasteiger partial charge in [0.05, 0.1) is 12.5 Å². The summed E-state index contributed by atoms with van der Waals surface area (Å²) in [7, 11) is 0. The van der Waals surface area contributed by atoms with Crippen LogP contribution in [0.15, 0.2) is 12.2 Å². The molecular formula is C13H18O3. The van der Waals surface area contributed by atoms with Crippen LogP contribution in [0.3, 0.4) is 0 Å². The molecule has 3 aliphatic rings. The maximum absolute atomic E-state index is 12.1. The molecule has 1 saturated heterocycles. The van der Waals surface area contributed by atoms with E-state index in [9.17, 15) is 4.79 Å². The summed E-state index contributed by atoms with van der Waals surface area (Å²) < 4.78 is 11.0. The lowest BCUT2D eigenvalue weighted by Gasteiger charge is -2.26. The summed E-state index contributed by atoms with van der Waals surface area (Å²) in [6.07, 6.45) is 8.34. The number of esters is 1. The second kappa shape index (κ2) is 3.59. The molecule has 4 unspecified atom stereocenters. The van der Waals surface area contributed by atoms with Crippen molar-refractivity contribution in [2.45, 2.75) is 38.4 Å². The predicted molar refractivity (Wildman–Crippen MR) is 58.5 cm³/mol. The Morgan fingerprint density at radius 2 is 2.31 bits per heavy atom. The van der Waals surface area contributed by atoms with Crippen LogP contribution in [0.5, 0.6) is 0 Å². The van der Waals surface area contributed by atoms with Gasteiger partial charge in [-0.25, -0.2) is 0 Å². The average molecular weight is 222 g/mol. The van der Waals surface area contributed by atoms with Crippen LogP contribution in [0.4, 0.5) is 0 Å². The number of hydrogen-bond donors (Lipinski definition) is 0. The van der Waals surface area contributed by atoms with Gasteiger partial charge in [-0.3, -0.25) is 4.79 Å². The number of ether oxygens (including phenoxy) is 2. The third-order valence-corrected chi connectivity index (χ3v) is 4.08. The molecule has 2 fully saturated rings. The van der Waals surface area contributed by atoms with Crippen molar-refractivity contribution in [1.82, 2.24) is 0 Å². The standard InChI is InChI=1S/C13H18O3/c1-13(5-2-6-15-13)16-12(14)11-8-9-3-4-10(11)7-9/h3-4,9-11H,2,5-8H2,1H3. The number of rotatable bonds is 2. The third-order valence-electron chi connectivity index (χ3n) is 4.08. The molecule has 3 nitrogen and oxygen atoms in total. The highest BCUT2D eigenvalue weighted by atomic mass is 16.7. The Morgan fingerprint density at radius 1 is 1.44 bits per heavy atom. The molecule has 0 N–H and O–H groups in total. The van der Waals surface area contributed by atoms with E-state index in [4.69, 9.17) is 9.47 Å². The summed E-state index contributed by atoms with van der Waals surface area (Å²) in [6.45, 7) is 2.58. The smallest absolute Gasteiger partial charge is 0.312 e. The lowest BCUT2D eigenvalue weighted by atomic mass is 9.94. The number of hydrogen-bond acceptors (Lipinski definition) is 3. The molecule has 0 amide bonds. The molecule has 0 spiro atoms. The second-order valence-corrected chi connectivity index (χ2v) is 5.39. The highest BCUT2D eigenvalue weighted by Gasteiger charge is 2.43. The van der Waals surface area contributed by atoms with Crippen LogP contribution in [0.1, 0.15) is 32.6 Å². The van der Waals surface area contributed by atoms with Crippen molar-refractivity contribution < 1.29 is 14.3 Å². The fourth-order valence-corrected chi connectivity index (χ4v) is 3.17. The first-order valence-electron chi connectivity index (χ1n) is 6.21. The van der Waals surface area contributed by atoms with Crippen molar-refractivity contribution >= 4 is 5.97 Å². The molecule has 88 valence electrons. The Labute approximate surface area is 95.8 Å². The van der Waals surface area contributed by atoms with Crippen LogP contribution in [-0.2, 0) is 14.3 Å². The minimum absolute atomic E-state index is 0.0544. The van der Waals surface area contributed by atoms with E-state index in [0.29, 0.717) is 18.4 Å². The molecule has 0 radical (unpaired) electrons. The summed E-state index contributed by atoms with van der Waals surface area (Å²) in [5.41, 5.74) is 0. The maximum Gasteiger partial charge on any atom is 0.312 e. The van der Waals surface area contributed by atoms with Gasteiger partial charge >= 0.3 is 5.97 Å². The lowest BCUT2D eigenvalue weighted by molar-refractivity contribution is -0.210. The molecule has 0 aromatic rings. The van der Waals surface area contributed by atoms with E-state index in [1.807, 2.05) is 6.92 Å². The van der Waals surface area contributed by atoms with Crippen LogP contribution in [0.25, 0.3) is 0 Å². The van der Waals surface area contributed by atoms with Gasteiger partial charge in [0.1, 0.15) is 0 Å². The summed E-state index contributed by atoms with van der Waals surface area (Å²) in [6, 6.07) is 0. The molecule has 4 atom stereocenters. The van der Waals surface area contributed by atoms with Gasteiger partial charge in [-0.2, -0.15) is 0 Å². The zero-order chi connectivity index (χ0) is 11.2. The van der Waals surface area contributed by atoms with Gasteiger partial charge in [-0.1, -0.05) is 12.2 Å². The topological polar surface area (TPSA) is 35.5 Å². The molecule has 3 rings (SSSR count). The Kier molecular flexibility index (Phi) is 2.32. The monoisotopic (exact) mass is 222 g/mol. The quantitative estimate of drug-likeness (QED) is 0.531. The van der Waals surface area contributed by atoms with E-state index in [1.165, 1.54) is 0 Å². The van der Waals surface area contributed by atoms with Gasteiger partial charge in [0.15, 0.2) is 0 Å². The van der Waals surface area contributed by atoms with Crippen LogP contribution in [0, 0.1) is 17.8 Å². The van der Waals surface area contributed by atoms with Crippen molar-refractivity contribution in [3.8, 4) is 0 Å². The third kappa shape index (κ3) is 1.67. The summed E-state index contributed by atoms with van der Waals surface area (Å²) in [5.74, 6) is 0.405. The van der Waals surface area contributed by atoms with Gasteiger partial charge in [0.2, 0.25) is 5.79 Å². The zero-order valence-corrected chi connectivity index (χ0v) is 9.65. The minimum atomic E-state index is -0.650. The lowest BCUT2D eigenvalue weighted by Crippen LogP contribution is -2.34. The average Bonchev–Trinajstić information content (AvgIpc) is 2.92. The van der Waals surface area contributed by atoms with Gasteiger partial charge in [-0.05, 0) is 31.1 Å². The molecule has 0 aromatic carbocycles. The first-order chi connectivity index (χ1) is 7.66. The van der Waals surface area contributed by atoms with Crippen LogP contribution in [0.2, 0.25) is 0 Å². The molecule has 1 saturated carbocycles. The molecule has 3 heteroatoms. The molecule has 0 aromatic heterocycles. The van der Waals surface area contributed by atoms with E-state index in [-0.39, 0.29) is 11.9 Å². The van der Waals surface area contributed by atoms with Crippen molar-refractivity contribution in [3.05, 3.63) is 12.2 Å². The summed E-state index contributed by atoms with van der Waals surface area (Å²) >= 11 is 0. The van der Waals surface area contributed by atoms with E-state index in [2.05, 4.69) is 12.2 Å². The van der Waals surface area contributed by atoms with Gasteiger partial charge in [0, 0.05) is 13.3 Å². The van der Waals surface area contributed by atoms with Crippen molar-refractivity contribution in [2.24, 2.45) is 17.8 Å². The summed E-state index contributed by atoms with van der Waals surface area (Å²) in [5, 5.41) is 0. The largest absolute Gasteiger partial charge is 0.433 e. The van der Waals surface area contributed by atoms with E-state index in [1.54, 1.807) is 0 Å². The van der Waals surface area contributed by atoms with Crippen molar-refractivity contribution in [3.63, 3.8) is 0 Å². The Hall–Kier alpha value is -0.830. The molecule has 2 aliphatic carbocycles.